The van der Waals surface area contributed by atoms with E-state index in [0.717, 1.165) is 0 Å². The Balaban J connectivity index is 0.000000238. The molecule has 24 heavy (non-hydrogen) atoms. The van der Waals surface area contributed by atoms with Crippen LogP contribution in [0.1, 0.15) is 59.9 Å². The molecule has 2 aromatic carbocycles. The molecule has 0 saturated heterocycles. The van der Waals surface area contributed by atoms with Gasteiger partial charge in [-0.3, -0.25) is 6.08 Å². The van der Waals surface area contributed by atoms with E-state index in [2.05, 4.69) is 84.0 Å². The summed E-state index contributed by atoms with van der Waals surface area (Å²) >= 11 is 0. The Morgan fingerprint density at radius 1 is 1.04 bits per heavy atom. The average molecular weight is 485 g/mol. The molecule has 1 aliphatic rings. The van der Waals surface area contributed by atoms with Gasteiger partial charge in [0.2, 0.25) is 0 Å². The van der Waals surface area contributed by atoms with Crippen molar-refractivity contribution in [2.24, 2.45) is 5.41 Å². The molecule has 2 aromatic rings. The second-order valence-electron chi connectivity index (χ2n) is 7.17. The maximum absolute atomic E-state index is 3.44. The quantitative estimate of drug-likeness (QED) is 0.324. The maximum atomic E-state index is 3.44. The van der Waals surface area contributed by atoms with Gasteiger partial charge in [-0.05, 0) is 0 Å². The SMILES string of the molecule is CC1=[C-]C(C)(C)C(C)=C1C.CCCC[c-]1ccc2ccccc21.[Hf]. The van der Waals surface area contributed by atoms with E-state index in [0.29, 0.717) is 0 Å². The number of fused-ring (bicyclic) bond motifs is 1. The molecule has 0 fully saturated rings. The molecule has 3 rings (SSSR count). The monoisotopic (exact) mass is 486 g/mol. The van der Waals surface area contributed by atoms with Gasteiger partial charge >= 0.3 is 0 Å². The standard InChI is InChI=1S/C13H15.C10H15.Hf/c1-2-3-6-11-9-10-12-7-4-5-8-13(11)12;1-7-6-10(4,5)9(3)8(7)2;/h4-5,7-10H,2-3,6H2,1H3;1-5H3;/q2*-1;. The Morgan fingerprint density at radius 3 is 2.21 bits per heavy atom. The normalized spacial score (nSPS) is 15.7. The predicted octanol–water partition coefficient (Wildman–Crippen LogP) is 7.01. The molecule has 0 saturated carbocycles. The van der Waals surface area contributed by atoms with Crippen molar-refractivity contribution in [1.29, 1.82) is 0 Å². The van der Waals surface area contributed by atoms with Crippen molar-refractivity contribution in [3.05, 3.63) is 64.8 Å². The number of aryl methyl sites for hydroxylation is 1. The summed E-state index contributed by atoms with van der Waals surface area (Å²) in [6.07, 6.45) is 7.24. The smallest absolute Gasteiger partial charge is 0 e. The maximum Gasteiger partial charge on any atom is 0 e. The van der Waals surface area contributed by atoms with E-state index in [1.807, 2.05) is 0 Å². The summed E-state index contributed by atoms with van der Waals surface area (Å²) in [6, 6.07) is 13.1. The second kappa shape index (κ2) is 9.04. The van der Waals surface area contributed by atoms with E-state index < -0.39 is 0 Å². The zero-order valence-corrected chi connectivity index (χ0v) is 19.7. The van der Waals surface area contributed by atoms with Crippen molar-refractivity contribution in [2.45, 2.75) is 60.8 Å². The fraction of sp³-hybridized carbons (Fsp3) is 0.435. The fourth-order valence-corrected chi connectivity index (χ4v) is 3.21. The summed E-state index contributed by atoms with van der Waals surface area (Å²) in [5.74, 6) is 0. The van der Waals surface area contributed by atoms with Crippen molar-refractivity contribution in [1.82, 2.24) is 0 Å². The van der Waals surface area contributed by atoms with Crippen molar-refractivity contribution in [3.63, 3.8) is 0 Å². The van der Waals surface area contributed by atoms with Crippen LogP contribution in [0.25, 0.3) is 10.8 Å². The summed E-state index contributed by atoms with van der Waals surface area (Å²) < 4.78 is 0. The molecule has 0 amide bonds. The van der Waals surface area contributed by atoms with Gasteiger partial charge in [0, 0.05) is 25.8 Å². The van der Waals surface area contributed by atoms with E-state index in [-0.39, 0.29) is 31.3 Å². The molecule has 0 aliphatic heterocycles. The molecule has 0 unspecified atom stereocenters. The van der Waals surface area contributed by atoms with Gasteiger partial charge < -0.3 is 0 Å². The third-order valence-corrected chi connectivity index (χ3v) is 5.13. The minimum atomic E-state index is 0. The zero-order chi connectivity index (χ0) is 17.0. The van der Waals surface area contributed by atoms with Crippen LogP contribution in [0.2, 0.25) is 0 Å². The van der Waals surface area contributed by atoms with Crippen LogP contribution in [-0.2, 0) is 32.3 Å². The third kappa shape index (κ3) is 4.85. The van der Waals surface area contributed by atoms with Gasteiger partial charge in [0.15, 0.2) is 0 Å². The van der Waals surface area contributed by atoms with Gasteiger partial charge in [-0.25, -0.2) is 5.57 Å². The Kier molecular flexibility index (Phi) is 7.99. The minimum Gasteiger partial charge on any atom is -0.263 e. The molecule has 1 heteroatoms. The second-order valence-corrected chi connectivity index (χ2v) is 7.17. The largest absolute Gasteiger partial charge is 0.263 e. The van der Waals surface area contributed by atoms with Crippen LogP contribution in [-0.4, -0.2) is 0 Å². The first-order valence-corrected chi connectivity index (χ1v) is 8.80. The molecule has 0 aromatic heterocycles. The molecule has 1 aliphatic carbocycles. The average Bonchev–Trinajstić information content (AvgIpc) is 3.01. The molecular weight excluding hydrogens is 455 g/mol. The van der Waals surface area contributed by atoms with Gasteiger partial charge in [-0.15, -0.1) is 47.5 Å². The van der Waals surface area contributed by atoms with Crippen LogP contribution < -0.4 is 0 Å². The number of unbranched alkanes of at least 4 members (excludes halogenated alkanes) is 1. The Bertz CT molecular complexity index is 725. The van der Waals surface area contributed by atoms with E-state index in [1.54, 1.807) is 0 Å². The molecule has 0 nitrogen and oxygen atoms in total. The number of hydrogen-bond acceptors (Lipinski definition) is 0. The summed E-state index contributed by atoms with van der Waals surface area (Å²) in [5.41, 5.74) is 5.91. The fourth-order valence-electron chi connectivity index (χ4n) is 3.21. The first-order chi connectivity index (χ1) is 10.9. The topological polar surface area (TPSA) is 0 Å². The van der Waals surface area contributed by atoms with Crippen LogP contribution in [0.5, 0.6) is 0 Å². The number of allylic oxidation sites excluding steroid dienone is 4. The number of hydrogen-bond donors (Lipinski definition) is 0. The van der Waals surface area contributed by atoms with E-state index >= 15 is 0 Å². The molecular formula is C23H30Hf-2. The van der Waals surface area contributed by atoms with Gasteiger partial charge in [-0.2, -0.15) is 17.2 Å². The van der Waals surface area contributed by atoms with E-state index in [9.17, 15) is 0 Å². The van der Waals surface area contributed by atoms with Gasteiger partial charge in [-0.1, -0.05) is 65.4 Å². The van der Waals surface area contributed by atoms with Crippen LogP contribution in [0.4, 0.5) is 0 Å². The first kappa shape index (κ1) is 21.2. The van der Waals surface area contributed by atoms with Crippen LogP contribution in [0.3, 0.4) is 0 Å². The Labute approximate surface area is 167 Å². The van der Waals surface area contributed by atoms with E-state index in [1.165, 1.54) is 52.3 Å². The summed E-state index contributed by atoms with van der Waals surface area (Å²) in [7, 11) is 0. The minimum absolute atomic E-state index is 0. The molecule has 0 radical (unpaired) electrons. The van der Waals surface area contributed by atoms with Gasteiger partial charge in [0.1, 0.15) is 0 Å². The third-order valence-electron chi connectivity index (χ3n) is 5.13. The van der Waals surface area contributed by atoms with Gasteiger partial charge in [0.25, 0.3) is 0 Å². The molecule has 0 heterocycles. The van der Waals surface area contributed by atoms with Crippen molar-refractivity contribution in [2.75, 3.05) is 0 Å². The Morgan fingerprint density at radius 2 is 1.71 bits per heavy atom. The zero-order valence-electron chi connectivity index (χ0n) is 16.1. The molecule has 0 spiro atoms. The van der Waals surface area contributed by atoms with Crippen LogP contribution in [0.15, 0.2) is 53.1 Å². The van der Waals surface area contributed by atoms with Crippen molar-refractivity contribution in [3.8, 4) is 0 Å². The summed E-state index contributed by atoms with van der Waals surface area (Å²) in [5, 5.41) is 2.82. The van der Waals surface area contributed by atoms with E-state index in [4.69, 9.17) is 0 Å². The molecule has 0 atom stereocenters. The first-order valence-electron chi connectivity index (χ1n) is 8.80. The summed E-state index contributed by atoms with van der Waals surface area (Å²) in [6.45, 7) is 13.2. The molecule has 0 bridgehead atoms. The Hall–Kier alpha value is -0.820. The van der Waals surface area contributed by atoms with Gasteiger partial charge in [0.05, 0.1) is 0 Å². The van der Waals surface area contributed by atoms with Crippen molar-refractivity contribution < 1.29 is 25.8 Å². The predicted molar refractivity (Wildman–Crippen MR) is 103 cm³/mol. The van der Waals surface area contributed by atoms with Crippen molar-refractivity contribution >= 4 is 10.8 Å². The number of rotatable bonds is 3. The number of benzene rings is 1. The van der Waals surface area contributed by atoms with Crippen LogP contribution >= 0.6 is 0 Å². The molecule has 0 N–H and O–H groups in total. The molecule has 128 valence electrons. The summed E-state index contributed by atoms with van der Waals surface area (Å²) in [4.78, 5) is 0. The van der Waals surface area contributed by atoms with Crippen LogP contribution in [0, 0.1) is 11.5 Å².